The van der Waals surface area contributed by atoms with Crippen molar-refractivity contribution in [3.63, 3.8) is 0 Å². The summed E-state index contributed by atoms with van der Waals surface area (Å²) < 4.78 is 5.86. The highest BCUT2D eigenvalue weighted by atomic mass is 32.1. The minimum absolute atomic E-state index is 0.444. The second-order valence-electron chi connectivity index (χ2n) is 5.40. The molecule has 106 valence electrons. The quantitative estimate of drug-likeness (QED) is 0.841. The lowest BCUT2D eigenvalue weighted by atomic mass is 10.1. The van der Waals surface area contributed by atoms with Gasteiger partial charge in [-0.15, -0.1) is 11.3 Å². The van der Waals surface area contributed by atoms with E-state index in [-0.39, 0.29) is 0 Å². The molecule has 2 heterocycles. The highest BCUT2D eigenvalue weighted by Crippen LogP contribution is 2.34. The van der Waals surface area contributed by atoms with E-state index in [4.69, 9.17) is 9.72 Å². The first kappa shape index (κ1) is 13.3. The summed E-state index contributed by atoms with van der Waals surface area (Å²) in [5.41, 5.74) is 1.18. The van der Waals surface area contributed by atoms with E-state index in [1.54, 1.807) is 11.3 Å². The lowest BCUT2D eigenvalue weighted by Gasteiger charge is -2.37. The third kappa shape index (κ3) is 2.93. The number of aromatic nitrogens is 1. The molecule has 1 aliphatic carbocycles. The van der Waals surface area contributed by atoms with Gasteiger partial charge in [0.1, 0.15) is 0 Å². The van der Waals surface area contributed by atoms with Crippen LogP contribution < -0.4 is 10.2 Å². The first-order valence-corrected chi connectivity index (χ1v) is 8.30. The molecule has 0 aromatic carbocycles. The number of rotatable bonds is 5. The predicted molar refractivity (Wildman–Crippen MR) is 78.8 cm³/mol. The molecule has 2 atom stereocenters. The van der Waals surface area contributed by atoms with Crippen molar-refractivity contribution in [2.45, 2.75) is 51.3 Å². The third-order valence-corrected chi connectivity index (χ3v) is 4.93. The fourth-order valence-electron chi connectivity index (χ4n) is 3.07. The zero-order valence-corrected chi connectivity index (χ0v) is 12.4. The summed E-state index contributed by atoms with van der Waals surface area (Å²) in [5, 5.41) is 6.80. The molecule has 1 saturated carbocycles. The van der Waals surface area contributed by atoms with E-state index in [0.29, 0.717) is 12.1 Å². The van der Waals surface area contributed by atoms with Crippen LogP contribution in [-0.4, -0.2) is 36.8 Å². The smallest absolute Gasteiger partial charge is 0.185 e. The van der Waals surface area contributed by atoms with Crippen molar-refractivity contribution in [1.29, 1.82) is 0 Å². The summed E-state index contributed by atoms with van der Waals surface area (Å²) in [6, 6.07) is 0.566. The van der Waals surface area contributed by atoms with Crippen LogP contribution in [0.2, 0.25) is 0 Å². The second kappa shape index (κ2) is 6.20. The second-order valence-corrected chi connectivity index (χ2v) is 6.24. The number of thiazole rings is 1. The molecule has 3 rings (SSSR count). The maximum atomic E-state index is 5.86. The van der Waals surface area contributed by atoms with Crippen LogP contribution in [0.15, 0.2) is 5.38 Å². The van der Waals surface area contributed by atoms with Crippen LogP contribution in [0.25, 0.3) is 0 Å². The standard InChI is InChI=1S/C14H23N3OS/c1-2-6-15-9-11-10-19-14(16-11)17-7-8-18-13-5-3-4-12(13)17/h10,12-13,15H,2-9H2,1H3. The van der Waals surface area contributed by atoms with E-state index >= 15 is 0 Å². The molecule has 1 aromatic heterocycles. The Bertz CT molecular complexity index is 409. The minimum Gasteiger partial charge on any atom is -0.374 e. The van der Waals surface area contributed by atoms with Crippen LogP contribution in [0.4, 0.5) is 5.13 Å². The van der Waals surface area contributed by atoms with Crippen LogP contribution in [0, 0.1) is 0 Å². The van der Waals surface area contributed by atoms with E-state index in [2.05, 4.69) is 22.5 Å². The topological polar surface area (TPSA) is 37.4 Å². The van der Waals surface area contributed by atoms with E-state index in [1.165, 1.54) is 36.5 Å². The Morgan fingerprint density at radius 1 is 1.53 bits per heavy atom. The number of morpholine rings is 1. The maximum Gasteiger partial charge on any atom is 0.185 e. The van der Waals surface area contributed by atoms with Crippen molar-refractivity contribution in [3.05, 3.63) is 11.1 Å². The van der Waals surface area contributed by atoms with Crippen molar-refractivity contribution in [2.24, 2.45) is 0 Å². The number of nitrogens with zero attached hydrogens (tertiary/aromatic N) is 2. The van der Waals surface area contributed by atoms with Gasteiger partial charge in [-0.25, -0.2) is 4.98 Å². The van der Waals surface area contributed by atoms with Gasteiger partial charge >= 0.3 is 0 Å². The average Bonchev–Trinajstić information content (AvgIpc) is 3.07. The molecular weight excluding hydrogens is 258 g/mol. The molecule has 2 unspecified atom stereocenters. The fraction of sp³-hybridized carbons (Fsp3) is 0.786. The van der Waals surface area contributed by atoms with Gasteiger partial charge in [0, 0.05) is 18.5 Å². The first-order valence-electron chi connectivity index (χ1n) is 7.42. The minimum atomic E-state index is 0.444. The van der Waals surface area contributed by atoms with Gasteiger partial charge in [-0.2, -0.15) is 0 Å². The summed E-state index contributed by atoms with van der Waals surface area (Å²) >= 11 is 1.78. The predicted octanol–water partition coefficient (Wildman–Crippen LogP) is 2.40. The molecule has 0 amide bonds. The van der Waals surface area contributed by atoms with Gasteiger partial charge in [0.25, 0.3) is 0 Å². The van der Waals surface area contributed by atoms with Crippen LogP contribution in [0.3, 0.4) is 0 Å². The number of nitrogens with one attached hydrogen (secondary N) is 1. The van der Waals surface area contributed by atoms with Crippen LogP contribution >= 0.6 is 11.3 Å². The lowest BCUT2D eigenvalue weighted by Crippen LogP contribution is -2.48. The van der Waals surface area contributed by atoms with Gasteiger partial charge in [-0.1, -0.05) is 6.92 Å². The van der Waals surface area contributed by atoms with Gasteiger partial charge in [0.15, 0.2) is 5.13 Å². The summed E-state index contributed by atoms with van der Waals surface area (Å²) in [4.78, 5) is 7.27. The number of fused-ring (bicyclic) bond motifs is 1. The molecule has 0 spiro atoms. The summed E-state index contributed by atoms with van der Waals surface area (Å²) in [6.07, 6.45) is 5.39. The largest absolute Gasteiger partial charge is 0.374 e. The average molecular weight is 281 g/mol. The summed E-state index contributed by atoms with van der Waals surface area (Å²) in [5.74, 6) is 0. The van der Waals surface area contributed by atoms with Crippen molar-refractivity contribution in [1.82, 2.24) is 10.3 Å². The zero-order valence-electron chi connectivity index (χ0n) is 11.6. The Labute approximate surface area is 119 Å². The number of hydrogen-bond acceptors (Lipinski definition) is 5. The molecule has 1 saturated heterocycles. The summed E-state index contributed by atoms with van der Waals surface area (Å²) in [7, 11) is 0. The molecule has 0 bridgehead atoms. The monoisotopic (exact) mass is 281 g/mol. The third-order valence-electron chi connectivity index (χ3n) is 4.00. The molecule has 5 heteroatoms. The van der Waals surface area contributed by atoms with Gasteiger partial charge in [-0.3, -0.25) is 0 Å². The zero-order chi connectivity index (χ0) is 13.1. The van der Waals surface area contributed by atoms with E-state index in [9.17, 15) is 0 Å². The highest BCUT2D eigenvalue weighted by molar-refractivity contribution is 7.13. The van der Waals surface area contributed by atoms with Crippen LogP contribution in [0.1, 0.15) is 38.3 Å². The van der Waals surface area contributed by atoms with E-state index < -0.39 is 0 Å². The Balaban J connectivity index is 1.64. The molecular formula is C14H23N3OS. The van der Waals surface area contributed by atoms with Gasteiger partial charge in [0.05, 0.1) is 24.4 Å². The molecule has 4 nitrogen and oxygen atoms in total. The van der Waals surface area contributed by atoms with E-state index in [0.717, 1.165) is 26.2 Å². The lowest BCUT2D eigenvalue weighted by molar-refractivity contribution is 0.0256. The van der Waals surface area contributed by atoms with Crippen molar-refractivity contribution >= 4 is 16.5 Å². The van der Waals surface area contributed by atoms with Crippen molar-refractivity contribution in [3.8, 4) is 0 Å². The maximum absolute atomic E-state index is 5.86. The fourth-order valence-corrected chi connectivity index (χ4v) is 3.98. The molecule has 1 aromatic rings. The van der Waals surface area contributed by atoms with Crippen molar-refractivity contribution < 1.29 is 4.74 Å². The van der Waals surface area contributed by atoms with E-state index in [1.807, 2.05) is 0 Å². The molecule has 19 heavy (non-hydrogen) atoms. The van der Waals surface area contributed by atoms with Crippen molar-refractivity contribution in [2.75, 3.05) is 24.6 Å². The van der Waals surface area contributed by atoms with Gasteiger partial charge < -0.3 is 15.0 Å². The molecule has 0 radical (unpaired) electrons. The number of anilines is 1. The highest BCUT2D eigenvalue weighted by Gasteiger charge is 2.37. The Kier molecular flexibility index (Phi) is 4.35. The van der Waals surface area contributed by atoms with Gasteiger partial charge in [0.2, 0.25) is 0 Å². The number of hydrogen-bond donors (Lipinski definition) is 1. The van der Waals surface area contributed by atoms with Gasteiger partial charge in [-0.05, 0) is 32.2 Å². The van der Waals surface area contributed by atoms with Crippen LogP contribution in [0.5, 0.6) is 0 Å². The molecule has 2 aliphatic rings. The SMILES string of the molecule is CCCNCc1csc(N2CCOC3CCCC32)n1. The van der Waals surface area contributed by atoms with Crippen LogP contribution in [-0.2, 0) is 11.3 Å². The molecule has 1 N–H and O–H groups in total. The molecule has 1 aliphatic heterocycles. The number of ether oxygens (including phenoxy) is 1. The Morgan fingerprint density at radius 2 is 2.47 bits per heavy atom. The Hall–Kier alpha value is -0.650. The Morgan fingerprint density at radius 3 is 3.37 bits per heavy atom. The summed E-state index contributed by atoms with van der Waals surface area (Å²) in [6.45, 7) is 5.99. The molecule has 2 fully saturated rings. The normalized spacial score (nSPS) is 26.7. The first-order chi connectivity index (χ1) is 9.38.